The van der Waals surface area contributed by atoms with E-state index in [0.29, 0.717) is 12.1 Å². The third-order valence-electron chi connectivity index (χ3n) is 3.71. The molecule has 2 N–H and O–H groups in total. The van der Waals surface area contributed by atoms with E-state index in [1.807, 2.05) is 0 Å². The molecule has 0 saturated carbocycles. The monoisotopic (exact) mass is 228 g/mol. The van der Waals surface area contributed by atoms with Crippen LogP contribution >= 0.6 is 0 Å². The summed E-state index contributed by atoms with van der Waals surface area (Å²) in [5, 5.41) is 6.98. The van der Waals surface area contributed by atoms with Crippen LogP contribution in [0.15, 0.2) is 0 Å². The highest BCUT2D eigenvalue weighted by molar-refractivity contribution is 4.86. The summed E-state index contributed by atoms with van der Waals surface area (Å²) in [5.41, 5.74) is 0.0687. The van der Waals surface area contributed by atoms with Crippen LogP contribution in [-0.2, 0) is 9.47 Å². The molecule has 0 aromatic rings. The number of hydrogen-bond donors (Lipinski definition) is 2. The molecule has 2 fully saturated rings. The van der Waals surface area contributed by atoms with E-state index < -0.39 is 0 Å². The van der Waals surface area contributed by atoms with E-state index in [1.54, 1.807) is 7.11 Å². The predicted molar refractivity (Wildman–Crippen MR) is 63.7 cm³/mol. The standard InChI is InChI=1S/C12H24N2O2/c1-12(4-3-5-16-12)9-13-7-10-6-11(15-2)8-14-10/h10-11,13-14H,3-9H2,1-2H3. The second-order valence-corrected chi connectivity index (χ2v) is 5.23. The number of nitrogens with one attached hydrogen (secondary N) is 2. The molecule has 2 saturated heterocycles. The van der Waals surface area contributed by atoms with Crippen LogP contribution in [0.5, 0.6) is 0 Å². The van der Waals surface area contributed by atoms with Crippen molar-refractivity contribution in [1.82, 2.24) is 10.6 Å². The van der Waals surface area contributed by atoms with E-state index in [0.717, 1.165) is 32.7 Å². The minimum Gasteiger partial charge on any atom is -0.380 e. The van der Waals surface area contributed by atoms with E-state index >= 15 is 0 Å². The van der Waals surface area contributed by atoms with Gasteiger partial charge in [0.2, 0.25) is 0 Å². The minimum atomic E-state index is 0.0687. The zero-order valence-electron chi connectivity index (χ0n) is 10.4. The Morgan fingerprint density at radius 2 is 2.44 bits per heavy atom. The van der Waals surface area contributed by atoms with Crippen LogP contribution in [0.4, 0.5) is 0 Å². The Bertz CT molecular complexity index is 217. The molecule has 16 heavy (non-hydrogen) atoms. The first kappa shape index (κ1) is 12.3. The van der Waals surface area contributed by atoms with Crippen molar-refractivity contribution in [2.75, 3.05) is 33.4 Å². The van der Waals surface area contributed by atoms with Crippen LogP contribution in [0.25, 0.3) is 0 Å². The summed E-state index contributed by atoms with van der Waals surface area (Å²) in [6.07, 6.45) is 3.89. The smallest absolute Gasteiger partial charge is 0.0779 e. The van der Waals surface area contributed by atoms with E-state index in [-0.39, 0.29) is 5.60 Å². The number of ether oxygens (including phenoxy) is 2. The maximum atomic E-state index is 5.74. The molecule has 0 bridgehead atoms. The second kappa shape index (κ2) is 5.45. The Morgan fingerprint density at radius 1 is 1.56 bits per heavy atom. The maximum Gasteiger partial charge on any atom is 0.0779 e. The first-order chi connectivity index (χ1) is 7.72. The summed E-state index contributed by atoms with van der Waals surface area (Å²) >= 11 is 0. The summed E-state index contributed by atoms with van der Waals surface area (Å²) in [5.74, 6) is 0. The van der Waals surface area contributed by atoms with Crippen LogP contribution in [0.3, 0.4) is 0 Å². The lowest BCUT2D eigenvalue weighted by atomic mass is 10.0. The van der Waals surface area contributed by atoms with Crippen molar-refractivity contribution in [2.45, 2.75) is 43.9 Å². The average molecular weight is 228 g/mol. The molecule has 0 radical (unpaired) electrons. The Morgan fingerprint density at radius 3 is 3.06 bits per heavy atom. The molecule has 4 nitrogen and oxygen atoms in total. The van der Waals surface area contributed by atoms with Gasteiger partial charge in [0.1, 0.15) is 0 Å². The summed E-state index contributed by atoms with van der Waals surface area (Å²) in [4.78, 5) is 0. The Labute approximate surface area is 98.1 Å². The first-order valence-electron chi connectivity index (χ1n) is 6.33. The predicted octanol–water partition coefficient (Wildman–Crippen LogP) is 0.522. The first-order valence-corrected chi connectivity index (χ1v) is 6.33. The van der Waals surface area contributed by atoms with Crippen molar-refractivity contribution in [3.63, 3.8) is 0 Å². The number of methoxy groups -OCH3 is 1. The fourth-order valence-corrected chi connectivity index (χ4v) is 2.60. The topological polar surface area (TPSA) is 42.5 Å². The normalized spacial score (nSPS) is 39.4. The third kappa shape index (κ3) is 3.17. The van der Waals surface area contributed by atoms with Gasteiger partial charge in [0, 0.05) is 39.4 Å². The van der Waals surface area contributed by atoms with Crippen LogP contribution in [-0.4, -0.2) is 51.1 Å². The van der Waals surface area contributed by atoms with Crippen molar-refractivity contribution >= 4 is 0 Å². The van der Waals surface area contributed by atoms with Crippen molar-refractivity contribution in [2.24, 2.45) is 0 Å². The van der Waals surface area contributed by atoms with Crippen LogP contribution < -0.4 is 10.6 Å². The highest BCUT2D eigenvalue weighted by atomic mass is 16.5. The van der Waals surface area contributed by atoms with Gasteiger partial charge in [-0.25, -0.2) is 0 Å². The molecule has 3 atom stereocenters. The molecular weight excluding hydrogens is 204 g/mol. The fourth-order valence-electron chi connectivity index (χ4n) is 2.60. The quantitative estimate of drug-likeness (QED) is 0.720. The van der Waals surface area contributed by atoms with Crippen molar-refractivity contribution in [3.8, 4) is 0 Å². The minimum absolute atomic E-state index is 0.0687. The molecular formula is C12H24N2O2. The lowest BCUT2D eigenvalue weighted by Crippen LogP contribution is -2.42. The Kier molecular flexibility index (Phi) is 4.19. The van der Waals surface area contributed by atoms with Gasteiger partial charge in [0.05, 0.1) is 11.7 Å². The van der Waals surface area contributed by atoms with Crippen molar-refractivity contribution in [3.05, 3.63) is 0 Å². The van der Waals surface area contributed by atoms with E-state index in [9.17, 15) is 0 Å². The fraction of sp³-hybridized carbons (Fsp3) is 1.00. The van der Waals surface area contributed by atoms with Gasteiger partial charge in [-0.3, -0.25) is 0 Å². The van der Waals surface area contributed by atoms with Gasteiger partial charge in [-0.1, -0.05) is 0 Å². The van der Waals surface area contributed by atoms with Crippen molar-refractivity contribution in [1.29, 1.82) is 0 Å². The highest BCUT2D eigenvalue weighted by Gasteiger charge is 2.30. The van der Waals surface area contributed by atoms with Crippen molar-refractivity contribution < 1.29 is 9.47 Å². The summed E-state index contributed by atoms with van der Waals surface area (Å²) in [7, 11) is 1.79. The van der Waals surface area contributed by atoms with Crippen LogP contribution in [0.2, 0.25) is 0 Å². The number of rotatable bonds is 5. The third-order valence-corrected chi connectivity index (χ3v) is 3.71. The van der Waals surface area contributed by atoms with Gasteiger partial charge in [0.25, 0.3) is 0 Å². The molecule has 94 valence electrons. The average Bonchev–Trinajstić information content (AvgIpc) is 2.88. The SMILES string of the molecule is COC1CNC(CNCC2(C)CCCO2)C1. The lowest BCUT2D eigenvalue weighted by Gasteiger charge is -2.24. The molecule has 2 rings (SSSR count). The lowest BCUT2D eigenvalue weighted by molar-refractivity contribution is 0.0206. The van der Waals surface area contributed by atoms with E-state index in [4.69, 9.17) is 9.47 Å². The van der Waals surface area contributed by atoms with Gasteiger partial charge in [-0.15, -0.1) is 0 Å². The van der Waals surface area contributed by atoms with Gasteiger partial charge < -0.3 is 20.1 Å². The highest BCUT2D eigenvalue weighted by Crippen LogP contribution is 2.23. The summed E-state index contributed by atoms with van der Waals surface area (Å²) in [6.45, 7) is 6.08. The molecule has 2 heterocycles. The number of hydrogen-bond acceptors (Lipinski definition) is 4. The van der Waals surface area contributed by atoms with Gasteiger partial charge >= 0.3 is 0 Å². The zero-order valence-corrected chi connectivity index (χ0v) is 10.4. The van der Waals surface area contributed by atoms with Crippen LogP contribution in [0, 0.1) is 0 Å². The molecule has 4 heteroatoms. The van der Waals surface area contributed by atoms with Gasteiger partial charge in [0.15, 0.2) is 0 Å². The molecule has 0 spiro atoms. The largest absolute Gasteiger partial charge is 0.380 e. The Balaban J connectivity index is 1.61. The zero-order chi connectivity index (χ0) is 11.4. The van der Waals surface area contributed by atoms with E-state index in [1.165, 1.54) is 12.8 Å². The maximum absolute atomic E-state index is 5.74. The second-order valence-electron chi connectivity index (χ2n) is 5.23. The molecule has 0 aromatic heterocycles. The molecule has 2 aliphatic rings. The summed E-state index contributed by atoms with van der Waals surface area (Å²) in [6, 6.07) is 0.551. The molecule has 3 unspecified atom stereocenters. The van der Waals surface area contributed by atoms with Gasteiger partial charge in [-0.05, 0) is 26.2 Å². The van der Waals surface area contributed by atoms with Crippen LogP contribution in [0.1, 0.15) is 26.2 Å². The molecule has 0 aromatic carbocycles. The van der Waals surface area contributed by atoms with Gasteiger partial charge in [-0.2, -0.15) is 0 Å². The Hall–Kier alpha value is -0.160. The molecule has 0 amide bonds. The molecule has 0 aliphatic carbocycles. The molecule has 2 aliphatic heterocycles. The summed E-state index contributed by atoms with van der Waals surface area (Å²) < 4.78 is 11.1. The van der Waals surface area contributed by atoms with E-state index in [2.05, 4.69) is 17.6 Å².